The average molecular weight is 114 g/mol. The van der Waals surface area contributed by atoms with Crippen molar-refractivity contribution >= 4 is 34.3 Å². The van der Waals surface area contributed by atoms with Gasteiger partial charge in [-0.05, 0) is 10.7 Å². The summed E-state index contributed by atoms with van der Waals surface area (Å²) in [5, 5.41) is 0. The molecule has 0 radical (unpaired) electrons. The van der Waals surface area contributed by atoms with Crippen molar-refractivity contribution in [3.63, 3.8) is 0 Å². The summed E-state index contributed by atoms with van der Waals surface area (Å²) >= 11 is 4.78. The van der Waals surface area contributed by atoms with Gasteiger partial charge < -0.3 is 0 Å². The molecule has 4 heteroatoms. The molecule has 0 N–H and O–H groups in total. The molecule has 0 heterocycles. The summed E-state index contributed by atoms with van der Waals surface area (Å²) in [5.74, 6) is 0. The Morgan fingerprint density at radius 3 is 2.25 bits per heavy atom. The summed E-state index contributed by atoms with van der Waals surface area (Å²) in [5.41, 5.74) is 0. The summed E-state index contributed by atoms with van der Waals surface area (Å²) in [6.45, 7) is 0. The van der Waals surface area contributed by atoms with Crippen molar-refractivity contribution < 1.29 is 0 Å². The monoisotopic (exact) mass is 113 g/mol. The lowest BCUT2D eigenvalue weighted by molar-refractivity contribution is 2.14. The van der Waals surface area contributed by atoms with Crippen molar-refractivity contribution in [2.24, 2.45) is 3.77 Å². The van der Waals surface area contributed by atoms with Crippen LogP contribution in [0.1, 0.15) is 0 Å². The van der Waals surface area contributed by atoms with Crippen molar-refractivity contribution in [3.8, 4) is 0 Å². The Balaban J connectivity index is 2.30. The fourth-order valence-corrected chi connectivity index (χ4v) is 0. The van der Waals surface area contributed by atoms with E-state index in [9.17, 15) is 0 Å². The summed E-state index contributed by atoms with van der Waals surface area (Å²) in [6, 6.07) is 0. The van der Waals surface area contributed by atoms with E-state index in [4.69, 9.17) is 10.7 Å². The standard InChI is InChI=1S/ClNS2/c1-4-2-3. The zero-order chi connectivity index (χ0) is 3.41. The zero-order valence-corrected chi connectivity index (χ0v) is 4.03. The van der Waals surface area contributed by atoms with Crippen molar-refractivity contribution in [2.75, 3.05) is 0 Å². The first-order chi connectivity index (χ1) is 1.91. The lowest BCUT2D eigenvalue weighted by Crippen LogP contribution is -1.10. The molecule has 0 aromatic carbocycles. The number of halogens is 1. The molecular formula is ClNS2. The first kappa shape index (κ1) is 4.66. The maximum Gasteiger partial charge on any atom is 0.0969 e. The number of nitrogens with zero attached hydrogens (tertiary/aromatic N) is 1. The molecule has 0 aromatic rings. The highest BCUT2D eigenvalue weighted by atomic mass is 35.7. The molecular weight excluding hydrogens is 114 g/mol. The highest BCUT2D eigenvalue weighted by Gasteiger charge is 1.52. The van der Waals surface area contributed by atoms with E-state index in [0.29, 0.717) is 0 Å². The Bertz CT molecular complexity index is 20.0. The van der Waals surface area contributed by atoms with Crippen LogP contribution in [-0.4, -0.2) is 0 Å². The first-order valence-electron chi connectivity index (χ1n) is 0.519. The van der Waals surface area contributed by atoms with Crippen LogP contribution in [0.3, 0.4) is 0 Å². The molecule has 24 valence electrons. The van der Waals surface area contributed by atoms with E-state index in [1.165, 1.54) is 0 Å². The van der Waals surface area contributed by atoms with Gasteiger partial charge in [0.2, 0.25) is 0 Å². The molecule has 1 nitrogen and oxygen atoms in total. The summed E-state index contributed by atoms with van der Waals surface area (Å²) in [6.07, 6.45) is 0. The molecule has 0 rings (SSSR count). The van der Waals surface area contributed by atoms with Crippen LogP contribution in [0, 0.1) is 0 Å². The SMILES string of the molecule is S=NSCl. The third-order valence-electron chi connectivity index (χ3n) is 0.0282. The molecule has 0 bridgehead atoms. The second-order valence-corrected chi connectivity index (χ2v) is 1.29. The largest absolute Gasteiger partial charge is 0.131 e. The Hall–Kier alpha value is 0.660. The lowest BCUT2D eigenvalue weighted by Gasteiger charge is -1.51. The number of rotatable bonds is 1. The van der Waals surface area contributed by atoms with Gasteiger partial charge in [0.15, 0.2) is 0 Å². The van der Waals surface area contributed by atoms with Gasteiger partial charge in [-0.1, -0.05) is 0 Å². The Morgan fingerprint density at radius 2 is 2.25 bits per heavy atom. The minimum absolute atomic E-state index is 0.769. The van der Waals surface area contributed by atoms with Crippen LogP contribution in [0.2, 0.25) is 0 Å². The lowest BCUT2D eigenvalue weighted by atomic mass is 13.9. The van der Waals surface area contributed by atoms with Gasteiger partial charge in [0.1, 0.15) is 0 Å². The highest BCUT2D eigenvalue weighted by Crippen LogP contribution is 2.03. The quantitative estimate of drug-likeness (QED) is 0.478. The third-order valence-corrected chi connectivity index (χ3v) is 0.761. The van der Waals surface area contributed by atoms with Gasteiger partial charge in [0.25, 0.3) is 0 Å². The predicted octanol–water partition coefficient (Wildman–Crippen LogP) is 1.52. The fraction of sp³-hybridized carbons (Fsp3) is 0. The van der Waals surface area contributed by atoms with Gasteiger partial charge in [-0.25, -0.2) is 0 Å². The maximum absolute atomic E-state index is 4.83. The summed E-state index contributed by atoms with van der Waals surface area (Å²) < 4.78 is 3.00. The van der Waals surface area contributed by atoms with E-state index in [1.54, 1.807) is 0 Å². The van der Waals surface area contributed by atoms with Crippen molar-refractivity contribution in [1.29, 1.82) is 0 Å². The molecule has 0 fully saturated rings. The average Bonchev–Trinajstić information content (AvgIpc) is 1.37. The Kier molecular flexibility index (Phi) is 4.26. The van der Waals surface area contributed by atoms with Gasteiger partial charge >= 0.3 is 0 Å². The molecule has 0 atom stereocenters. The smallest absolute Gasteiger partial charge is 0.0969 e. The topological polar surface area (TPSA) is 12.4 Å². The van der Waals surface area contributed by atoms with Crippen molar-refractivity contribution in [1.82, 2.24) is 0 Å². The van der Waals surface area contributed by atoms with E-state index < -0.39 is 0 Å². The van der Waals surface area contributed by atoms with E-state index >= 15 is 0 Å². The minimum Gasteiger partial charge on any atom is -0.131 e. The Morgan fingerprint density at radius 1 is 2.00 bits per heavy atom. The summed E-state index contributed by atoms with van der Waals surface area (Å²) in [4.78, 5) is 0. The number of hydrogen-bond donors (Lipinski definition) is 0. The minimum atomic E-state index is 0.769. The third kappa shape index (κ3) is 2.66. The predicted molar refractivity (Wildman–Crippen MR) is 23.2 cm³/mol. The van der Waals surface area contributed by atoms with Gasteiger partial charge in [-0.15, -0.1) is 3.77 Å². The van der Waals surface area contributed by atoms with Crippen LogP contribution >= 0.6 is 21.8 Å². The molecule has 0 unspecified atom stereocenters. The molecule has 0 aromatic heterocycles. The normalized spacial score (nSPS) is 6.25. The second kappa shape index (κ2) is 3.66. The van der Waals surface area contributed by atoms with Gasteiger partial charge in [-0.3, -0.25) is 0 Å². The molecule has 0 saturated carbocycles. The van der Waals surface area contributed by atoms with Crippen LogP contribution in [-0.2, 0) is 12.4 Å². The van der Waals surface area contributed by atoms with Gasteiger partial charge in [-0.2, -0.15) is 0 Å². The zero-order valence-electron chi connectivity index (χ0n) is 1.64. The number of hydrogen-bond acceptors (Lipinski definition) is 3. The van der Waals surface area contributed by atoms with Crippen molar-refractivity contribution in [2.45, 2.75) is 0 Å². The molecule has 4 heavy (non-hydrogen) atoms. The van der Waals surface area contributed by atoms with Gasteiger partial charge in [0, 0.05) is 0 Å². The molecule has 0 amide bonds. The molecule has 0 aliphatic rings. The van der Waals surface area contributed by atoms with E-state index in [1.807, 2.05) is 0 Å². The first-order valence-corrected chi connectivity index (χ1v) is 2.48. The van der Waals surface area contributed by atoms with Crippen LogP contribution in [0.25, 0.3) is 0 Å². The van der Waals surface area contributed by atoms with Crippen molar-refractivity contribution in [3.05, 3.63) is 0 Å². The van der Waals surface area contributed by atoms with Gasteiger partial charge in [0.05, 0.1) is 23.6 Å². The van der Waals surface area contributed by atoms with Crippen LogP contribution < -0.4 is 0 Å². The molecule has 0 aliphatic carbocycles. The van der Waals surface area contributed by atoms with Crippen LogP contribution in [0.5, 0.6) is 0 Å². The Labute approximate surface area is 38.5 Å². The highest BCUT2D eigenvalue weighted by molar-refractivity contribution is 8.21. The van der Waals surface area contributed by atoms with E-state index in [-0.39, 0.29) is 0 Å². The van der Waals surface area contributed by atoms with Crippen LogP contribution in [0.15, 0.2) is 3.77 Å². The molecule has 0 spiro atoms. The summed E-state index contributed by atoms with van der Waals surface area (Å²) in [7, 11) is 4.83. The molecule has 0 aliphatic heterocycles. The van der Waals surface area contributed by atoms with Crippen LogP contribution in [0.4, 0.5) is 0 Å². The molecule has 0 saturated heterocycles. The second-order valence-electron chi connectivity index (χ2n) is 0.144. The fourth-order valence-electron chi connectivity index (χ4n) is 0. The van der Waals surface area contributed by atoms with E-state index in [2.05, 4.69) is 16.2 Å². The maximum atomic E-state index is 4.83. The van der Waals surface area contributed by atoms with E-state index in [0.717, 1.165) is 11.2 Å².